The third kappa shape index (κ3) is 2.36. The maximum absolute atomic E-state index is 9.22. The normalized spacial score (nSPS) is 12.9. The van der Waals surface area contributed by atoms with Crippen LogP contribution in [-0.2, 0) is 6.61 Å². The minimum atomic E-state index is -0.0642. The van der Waals surface area contributed by atoms with Crippen molar-refractivity contribution in [3.05, 3.63) is 17.7 Å². The molecule has 16 heavy (non-hydrogen) atoms. The fraction of sp³-hybridized carbons (Fsp3) is 0.455. The molecule has 0 radical (unpaired) electrons. The highest BCUT2D eigenvalue weighted by atomic mass is 32.2. The standard InChI is InChI=1S/C11H14O4S/c1-16-3-2-13-9-5-11-10(14-7-15-11)4-8(9)6-12/h4-5,12H,2-3,6-7H2,1H3. The molecule has 0 unspecified atom stereocenters. The molecule has 0 aliphatic carbocycles. The van der Waals surface area contributed by atoms with Crippen molar-refractivity contribution >= 4 is 11.8 Å². The average molecular weight is 242 g/mol. The summed E-state index contributed by atoms with van der Waals surface area (Å²) in [6.45, 7) is 0.785. The van der Waals surface area contributed by atoms with Gasteiger partial charge in [0, 0.05) is 17.4 Å². The summed E-state index contributed by atoms with van der Waals surface area (Å²) in [4.78, 5) is 0. The first kappa shape index (κ1) is 11.4. The van der Waals surface area contributed by atoms with Crippen LogP contribution >= 0.6 is 11.8 Å². The number of aliphatic hydroxyl groups is 1. The van der Waals surface area contributed by atoms with Crippen molar-refractivity contribution in [2.75, 3.05) is 25.4 Å². The lowest BCUT2D eigenvalue weighted by Gasteiger charge is -2.10. The summed E-state index contributed by atoms with van der Waals surface area (Å²) in [6.07, 6.45) is 2.02. The summed E-state index contributed by atoms with van der Waals surface area (Å²) in [5.41, 5.74) is 0.727. The molecule has 88 valence electrons. The van der Waals surface area contributed by atoms with E-state index in [0.717, 1.165) is 11.3 Å². The van der Waals surface area contributed by atoms with E-state index in [-0.39, 0.29) is 13.4 Å². The SMILES string of the molecule is CSCCOc1cc2c(cc1CO)OCO2. The Hall–Kier alpha value is -1.07. The lowest BCUT2D eigenvalue weighted by Crippen LogP contribution is -2.02. The maximum atomic E-state index is 9.22. The van der Waals surface area contributed by atoms with E-state index < -0.39 is 0 Å². The minimum absolute atomic E-state index is 0.0642. The Morgan fingerprint density at radius 3 is 2.81 bits per heavy atom. The third-order valence-corrected chi connectivity index (χ3v) is 2.85. The zero-order valence-corrected chi connectivity index (χ0v) is 9.88. The first-order chi connectivity index (χ1) is 7.85. The number of benzene rings is 1. The minimum Gasteiger partial charge on any atom is -0.492 e. The van der Waals surface area contributed by atoms with Gasteiger partial charge in [0.1, 0.15) is 5.75 Å². The van der Waals surface area contributed by atoms with Gasteiger partial charge in [-0.2, -0.15) is 11.8 Å². The molecule has 0 bridgehead atoms. The first-order valence-corrected chi connectivity index (χ1v) is 6.39. The predicted octanol–water partition coefficient (Wildman–Crippen LogP) is 1.65. The molecule has 0 fully saturated rings. The Labute approximate surface area is 98.5 Å². The van der Waals surface area contributed by atoms with Gasteiger partial charge in [-0.15, -0.1) is 0 Å². The van der Waals surface area contributed by atoms with Gasteiger partial charge >= 0.3 is 0 Å². The number of aliphatic hydroxyl groups excluding tert-OH is 1. The van der Waals surface area contributed by atoms with E-state index in [1.54, 1.807) is 23.9 Å². The monoisotopic (exact) mass is 242 g/mol. The van der Waals surface area contributed by atoms with Crippen molar-refractivity contribution in [3.63, 3.8) is 0 Å². The Bertz CT molecular complexity index is 367. The number of ether oxygens (including phenoxy) is 3. The van der Waals surface area contributed by atoms with Crippen LogP contribution in [0.3, 0.4) is 0 Å². The van der Waals surface area contributed by atoms with Crippen molar-refractivity contribution in [2.45, 2.75) is 6.61 Å². The molecule has 1 aliphatic rings. The molecule has 4 nitrogen and oxygen atoms in total. The molecule has 1 aromatic carbocycles. The second-order valence-corrected chi connectivity index (χ2v) is 4.30. The third-order valence-electron chi connectivity index (χ3n) is 2.27. The second kappa shape index (κ2) is 5.32. The van der Waals surface area contributed by atoms with E-state index in [1.807, 2.05) is 6.26 Å². The summed E-state index contributed by atoms with van der Waals surface area (Å²) in [7, 11) is 0. The molecule has 1 N–H and O–H groups in total. The number of thioether (sulfide) groups is 1. The van der Waals surface area contributed by atoms with Crippen molar-refractivity contribution in [3.8, 4) is 17.2 Å². The molecule has 0 amide bonds. The van der Waals surface area contributed by atoms with Gasteiger partial charge in [0.15, 0.2) is 11.5 Å². The first-order valence-electron chi connectivity index (χ1n) is 5.00. The molecule has 0 saturated heterocycles. The molecule has 5 heteroatoms. The number of hydrogen-bond donors (Lipinski definition) is 1. The maximum Gasteiger partial charge on any atom is 0.231 e. The van der Waals surface area contributed by atoms with E-state index in [9.17, 15) is 5.11 Å². The van der Waals surface area contributed by atoms with Crippen LogP contribution in [0.4, 0.5) is 0 Å². The molecular formula is C11H14O4S. The molecule has 1 aliphatic heterocycles. The van der Waals surface area contributed by atoms with Crippen LogP contribution in [0, 0.1) is 0 Å². The molecule has 2 rings (SSSR count). The number of hydrogen-bond acceptors (Lipinski definition) is 5. The molecule has 1 heterocycles. The lowest BCUT2D eigenvalue weighted by atomic mass is 10.2. The van der Waals surface area contributed by atoms with E-state index in [4.69, 9.17) is 14.2 Å². The van der Waals surface area contributed by atoms with Crippen LogP contribution in [0.5, 0.6) is 17.2 Å². The largest absolute Gasteiger partial charge is 0.492 e. The highest BCUT2D eigenvalue weighted by molar-refractivity contribution is 7.98. The van der Waals surface area contributed by atoms with Crippen LogP contribution in [-0.4, -0.2) is 30.5 Å². The van der Waals surface area contributed by atoms with Crippen molar-refractivity contribution < 1.29 is 19.3 Å². The van der Waals surface area contributed by atoms with Gasteiger partial charge in [0.05, 0.1) is 13.2 Å². The van der Waals surface area contributed by atoms with E-state index in [1.165, 1.54) is 0 Å². The highest BCUT2D eigenvalue weighted by Gasteiger charge is 2.17. The molecule has 0 spiro atoms. The van der Waals surface area contributed by atoms with Crippen LogP contribution < -0.4 is 14.2 Å². The summed E-state index contributed by atoms with van der Waals surface area (Å²) in [5.74, 6) is 2.93. The van der Waals surface area contributed by atoms with Crippen molar-refractivity contribution in [2.24, 2.45) is 0 Å². The van der Waals surface area contributed by atoms with Crippen LogP contribution in [0.1, 0.15) is 5.56 Å². The van der Waals surface area contributed by atoms with Gasteiger partial charge in [0.2, 0.25) is 6.79 Å². The number of fused-ring (bicyclic) bond motifs is 1. The van der Waals surface area contributed by atoms with Crippen LogP contribution in [0.25, 0.3) is 0 Å². The van der Waals surface area contributed by atoms with Gasteiger partial charge in [-0.1, -0.05) is 0 Å². The molecular weight excluding hydrogens is 228 g/mol. The second-order valence-electron chi connectivity index (χ2n) is 3.31. The van der Waals surface area contributed by atoms with Gasteiger partial charge < -0.3 is 19.3 Å². The Balaban J connectivity index is 2.15. The number of rotatable bonds is 5. The van der Waals surface area contributed by atoms with Gasteiger partial charge in [-0.25, -0.2) is 0 Å². The molecule has 0 atom stereocenters. The quantitative estimate of drug-likeness (QED) is 0.796. The highest BCUT2D eigenvalue weighted by Crippen LogP contribution is 2.38. The fourth-order valence-corrected chi connectivity index (χ4v) is 1.71. The fourth-order valence-electron chi connectivity index (χ4n) is 1.46. The van der Waals surface area contributed by atoms with Gasteiger partial charge in [-0.3, -0.25) is 0 Å². The van der Waals surface area contributed by atoms with Gasteiger partial charge in [-0.05, 0) is 12.3 Å². The van der Waals surface area contributed by atoms with Gasteiger partial charge in [0.25, 0.3) is 0 Å². The zero-order valence-electron chi connectivity index (χ0n) is 9.06. The van der Waals surface area contributed by atoms with E-state index >= 15 is 0 Å². The molecule has 0 saturated carbocycles. The van der Waals surface area contributed by atoms with E-state index in [0.29, 0.717) is 23.9 Å². The lowest BCUT2D eigenvalue weighted by molar-refractivity contribution is 0.173. The van der Waals surface area contributed by atoms with Crippen molar-refractivity contribution in [1.82, 2.24) is 0 Å². The summed E-state index contributed by atoms with van der Waals surface area (Å²) >= 11 is 1.72. The summed E-state index contributed by atoms with van der Waals surface area (Å²) < 4.78 is 16.1. The zero-order chi connectivity index (χ0) is 11.4. The Morgan fingerprint density at radius 1 is 1.38 bits per heavy atom. The average Bonchev–Trinajstić information content (AvgIpc) is 2.75. The Kier molecular flexibility index (Phi) is 3.79. The topological polar surface area (TPSA) is 47.9 Å². The van der Waals surface area contributed by atoms with Crippen molar-refractivity contribution in [1.29, 1.82) is 0 Å². The molecule has 1 aromatic rings. The van der Waals surface area contributed by atoms with Crippen LogP contribution in [0.2, 0.25) is 0 Å². The Morgan fingerprint density at radius 2 is 2.12 bits per heavy atom. The smallest absolute Gasteiger partial charge is 0.231 e. The summed E-state index contributed by atoms with van der Waals surface area (Å²) in [6, 6.07) is 3.53. The van der Waals surface area contributed by atoms with Crippen LogP contribution in [0.15, 0.2) is 12.1 Å². The van der Waals surface area contributed by atoms with E-state index in [2.05, 4.69) is 0 Å². The predicted molar refractivity (Wildman–Crippen MR) is 62.4 cm³/mol. The molecule has 0 aromatic heterocycles. The summed E-state index contributed by atoms with van der Waals surface area (Å²) in [5, 5.41) is 9.22.